The summed E-state index contributed by atoms with van der Waals surface area (Å²) < 4.78 is 60.2. The van der Waals surface area contributed by atoms with Gasteiger partial charge in [-0.1, -0.05) is 35.9 Å². The second-order valence-corrected chi connectivity index (χ2v) is 9.24. The molecule has 1 amide bonds. The van der Waals surface area contributed by atoms with Gasteiger partial charge in [-0.3, -0.25) is 4.79 Å². The molecule has 174 valence electrons. The van der Waals surface area contributed by atoms with Crippen LogP contribution in [0.3, 0.4) is 0 Å². The number of carbonyl (C=O) groups excluding carboxylic acids is 1. The number of benzene rings is 3. The number of rotatable bonds is 9. The van der Waals surface area contributed by atoms with Crippen molar-refractivity contribution in [3.8, 4) is 5.75 Å². The Kier molecular flexibility index (Phi) is 8.01. The smallest absolute Gasteiger partial charge is 0.253 e. The molecule has 10 heteroatoms. The van der Waals surface area contributed by atoms with Crippen LogP contribution in [0.1, 0.15) is 28.9 Å². The number of amides is 1. The summed E-state index contributed by atoms with van der Waals surface area (Å²) in [6, 6.07) is 14.8. The Balaban J connectivity index is 1.67. The van der Waals surface area contributed by atoms with E-state index in [4.69, 9.17) is 16.3 Å². The fraction of sp³-hybridized carbons (Fsp3) is 0.174. The number of hydrogen-bond donors (Lipinski definition) is 2. The van der Waals surface area contributed by atoms with Gasteiger partial charge in [0, 0.05) is 18.2 Å². The Morgan fingerprint density at radius 1 is 1.06 bits per heavy atom. The number of ether oxygens (including phenoxy) is 1. The van der Waals surface area contributed by atoms with Gasteiger partial charge in [0.05, 0.1) is 21.5 Å². The van der Waals surface area contributed by atoms with E-state index in [2.05, 4.69) is 10.0 Å². The third-order valence-corrected chi connectivity index (χ3v) is 6.46. The van der Waals surface area contributed by atoms with Crippen molar-refractivity contribution in [2.45, 2.75) is 17.9 Å². The van der Waals surface area contributed by atoms with Crippen molar-refractivity contribution < 1.29 is 26.7 Å². The SMILES string of the molecule is C[C@H](NC(=O)c1cc(S(=O)(=O)NCCOc2ccccc2)ccc1Cl)c1ccc(F)cc1F. The van der Waals surface area contributed by atoms with Crippen LogP contribution in [-0.2, 0) is 10.0 Å². The molecule has 0 saturated heterocycles. The molecule has 0 aliphatic carbocycles. The Bertz CT molecular complexity index is 1240. The Morgan fingerprint density at radius 3 is 2.48 bits per heavy atom. The molecule has 2 N–H and O–H groups in total. The minimum atomic E-state index is -3.95. The lowest BCUT2D eigenvalue weighted by Crippen LogP contribution is -2.30. The molecule has 0 heterocycles. The lowest BCUT2D eigenvalue weighted by Gasteiger charge is -2.16. The summed E-state index contributed by atoms with van der Waals surface area (Å²) in [6.07, 6.45) is 0. The molecule has 0 aliphatic rings. The predicted molar refractivity (Wildman–Crippen MR) is 121 cm³/mol. The van der Waals surface area contributed by atoms with Crippen LogP contribution in [0.15, 0.2) is 71.6 Å². The highest BCUT2D eigenvalue weighted by Crippen LogP contribution is 2.23. The number of para-hydroxylation sites is 1. The minimum Gasteiger partial charge on any atom is -0.492 e. The molecule has 0 unspecified atom stereocenters. The average molecular weight is 495 g/mol. The largest absolute Gasteiger partial charge is 0.492 e. The van der Waals surface area contributed by atoms with Gasteiger partial charge >= 0.3 is 0 Å². The first kappa shape index (κ1) is 24.6. The second kappa shape index (κ2) is 10.7. The topological polar surface area (TPSA) is 84.5 Å². The predicted octanol–water partition coefficient (Wildman–Crippen LogP) is 4.47. The third kappa shape index (κ3) is 6.50. The van der Waals surface area contributed by atoms with Gasteiger partial charge in [-0.15, -0.1) is 0 Å². The molecule has 0 aliphatic heterocycles. The monoisotopic (exact) mass is 494 g/mol. The van der Waals surface area contributed by atoms with Crippen molar-refractivity contribution in [3.05, 3.63) is 94.5 Å². The van der Waals surface area contributed by atoms with Gasteiger partial charge in [-0.2, -0.15) is 0 Å². The van der Waals surface area contributed by atoms with E-state index < -0.39 is 33.6 Å². The fourth-order valence-electron chi connectivity index (χ4n) is 3.00. The highest BCUT2D eigenvalue weighted by Gasteiger charge is 2.21. The molecular formula is C23H21ClF2N2O4S. The van der Waals surface area contributed by atoms with E-state index in [1.54, 1.807) is 24.3 Å². The molecular weight excluding hydrogens is 474 g/mol. The summed E-state index contributed by atoms with van der Waals surface area (Å²) in [6.45, 7) is 1.62. The first-order valence-electron chi connectivity index (χ1n) is 9.90. The van der Waals surface area contributed by atoms with Gasteiger partial charge in [-0.25, -0.2) is 21.9 Å². The lowest BCUT2D eigenvalue weighted by atomic mass is 10.1. The molecule has 33 heavy (non-hydrogen) atoms. The van der Waals surface area contributed by atoms with Gasteiger partial charge in [0.25, 0.3) is 5.91 Å². The van der Waals surface area contributed by atoms with Crippen molar-refractivity contribution in [1.29, 1.82) is 0 Å². The van der Waals surface area contributed by atoms with E-state index in [1.807, 2.05) is 6.07 Å². The maximum absolute atomic E-state index is 14.0. The highest BCUT2D eigenvalue weighted by atomic mass is 35.5. The highest BCUT2D eigenvalue weighted by molar-refractivity contribution is 7.89. The summed E-state index contributed by atoms with van der Waals surface area (Å²) in [5, 5.41) is 2.56. The van der Waals surface area contributed by atoms with Crippen molar-refractivity contribution in [3.63, 3.8) is 0 Å². The Morgan fingerprint density at radius 2 is 1.79 bits per heavy atom. The zero-order valence-corrected chi connectivity index (χ0v) is 19.1. The van der Waals surface area contributed by atoms with Crippen LogP contribution in [0.5, 0.6) is 5.75 Å². The van der Waals surface area contributed by atoms with Crippen molar-refractivity contribution in [2.75, 3.05) is 13.2 Å². The first-order chi connectivity index (χ1) is 15.7. The lowest BCUT2D eigenvalue weighted by molar-refractivity contribution is 0.0939. The van der Waals surface area contributed by atoms with Crippen LogP contribution in [-0.4, -0.2) is 27.5 Å². The number of halogens is 3. The number of carbonyl (C=O) groups is 1. The van der Waals surface area contributed by atoms with Gasteiger partial charge in [-0.05, 0) is 43.3 Å². The van der Waals surface area contributed by atoms with E-state index in [-0.39, 0.29) is 34.2 Å². The summed E-state index contributed by atoms with van der Waals surface area (Å²) in [5.41, 5.74) is -0.0285. The number of sulfonamides is 1. The molecule has 3 aromatic carbocycles. The number of hydrogen-bond acceptors (Lipinski definition) is 4. The summed E-state index contributed by atoms with van der Waals surface area (Å²) in [5.74, 6) is -1.65. The van der Waals surface area contributed by atoms with Crippen molar-refractivity contribution in [2.24, 2.45) is 0 Å². The maximum atomic E-state index is 14.0. The zero-order chi connectivity index (χ0) is 24.0. The van der Waals surface area contributed by atoms with Gasteiger partial charge in [0.15, 0.2) is 0 Å². The second-order valence-electron chi connectivity index (χ2n) is 7.06. The fourth-order valence-corrected chi connectivity index (χ4v) is 4.24. The van der Waals surface area contributed by atoms with Crippen molar-refractivity contribution >= 4 is 27.5 Å². The minimum absolute atomic E-state index is 0.00224. The van der Waals surface area contributed by atoms with E-state index in [1.165, 1.54) is 25.1 Å². The number of nitrogens with one attached hydrogen (secondary N) is 2. The third-order valence-electron chi connectivity index (χ3n) is 4.68. The summed E-state index contributed by atoms with van der Waals surface area (Å²) in [4.78, 5) is 12.5. The molecule has 0 radical (unpaired) electrons. The molecule has 3 aromatic rings. The van der Waals surface area contributed by atoms with E-state index in [0.29, 0.717) is 11.8 Å². The van der Waals surface area contributed by atoms with Gasteiger partial charge < -0.3 is 10.1 Å². The van der Waals surface area contributed by atoms with Crippen LogP contribution < -0.4 is 14.8 Å². The molecule has 6 nitrogen and oxygen atoms in total. The van der Waals surface area contributed by atoms with Crippen LogP contribution in [0.4, 0.5) is 8.78 Å². The molecule has 0 saturated carbocycles. The molecule has 0 fully saturated rings. The normalized spacial score (nSPS) is 12.2. The first-order valence-corrected chi connectivity index (χ1v) is 11.8. The van der Waals surface area contributed by atoms with E-state index in [0.717, 1.165) is 12.1 Å². The molecule has 0 bridgehead atoms. The Hall–Kier alpha value is -3.01. The van der Waals surface area contributed by atoms with Crippen LogP contribution >= 0.6 is 11.6 Å². The van der Waals surface area contributed by atoms with Crippen LogP contribution in [0.2, 0.25) is 5.02 Å². The maximum Gasteiger partial charge on any atom is 0.253 e. The zero-order valence-electron chi connectivity index (χ0n) is 17.5. The van der Waals surface area contributed by atoms with Crippen LogP contribution in [0.25, 0.3) is 0 Å². The van der Waals surface area contributed by atoms with Crippen LogP contribution in [0, 0.1) is 11.6 Å². The van der Waals surface area contributed by atoms with E-state index >= 15 is 0 Å². The average Bonchev–Trinajstić information content (AvgIpc) is 2.77. The quantitative estimate of drug-likeness (QED) is 0.430. The molecule has 0 aromatic heterocycles. The molecule has 0 spiro atoms. The van der Waals surface area contributed by atoms with E-state index in [9.17, 15) is 22.0 Å². The summed E-state index contributed by atoms with van der Waals surface area (Å²) in [7, 11) is -3.95. The molecule has 1 atom stereocenters. The summed E-state index contributed by atoms with van der Waals surface area (Å²) >= 11 is 6.10. The van der Waals surface area contributed by atoms with Gasteiger partial charge in [0.2, 0.25) is 10.0 Å². The Labute approximate surface area is 195 Å². The van der Waals surface area contributed by atoms with Crippen molar-refractivity contribution in [1.82, 2.24) is 10.0 Å². The van der Waals surface area contributed by atoms with Gasteiger partial charge in [0.1, 0.15) is 24.0 Å². The standard InChI is InChI=1S/C23H21ClF2N2O4S/c1-15(19-9-7-16(25)13-22(19)26)28-23(29)20-14-18(8-10-21(20)24)33(30,31)27-11-12-32-17-5-3-2-4-6-17/h2-10,13-15,27H,11-12H2,1H3,(H,28,29)/t15-/m0/s1. The molecule has 3 rings (SSSR count).